The largest absolute Gasteiger partial charge is 0.350 e. The van der Waals surface area contributed by atoms with Crippen LogP contribution in [0.5, 0.6) is 0 Å². The lowest BCUT2D eigenvalue weighted by Gasteiger charge is -2.33. The minimum Gasteiger partial charge on any atom is -0.350 e. The van der Waals surface area contributed by atoms with Crippen LogP contribution >= 0.6 is 0 Å². The van der Waals surface area contributed by atoms with Crippen LogP contribution in [0.25, 0.3) is 0 Å². The molecule has 0 radical (unpaired) electrons. The highest BCUT2D eigenvalue weighted by Crippen LogP contribution is 2.26. The first-order chi connectivity index (χ1) is 11.1. The molecular weight excluding hydrogens is 326 g/mol. The van der Waals surface area contributed by atoms with E-state index in [9.17, 15) is 13.8 Å². The maximum Gasteiger partial charge on any atom is 0.301 e. The minimum atomic E-state index is -2.32. The molecule has 1 N–H and O–H groups in total. The molecular formula is C14H15NO7S. The van der Waals surface area contributed by atoms with Crippen molar-refractivity contribution in [3.05, 3.63) is 35.4 Å². The number of rotatable bonds is 5. The first kappa shape index (κ1) is 16.2. The number of carbonyl (C=O) groups excluding carboxylic acids is 2. The monoisotopic (exact) mass is 341 g/mol. The van der Waals surface area contributed by atoms with Crippen molar-refractivity contribution in [2.24, 2.45) is 0 Å². The van der Waals surface area contributed by atoms with E-state index >= 15 is 0 Å². The lowest BCUT2D eigenvalue weighted by Crippen LogP contribution is -2.50. The summed E-state index contributed by atoms with van der Waals surface area (Å²) in [7, 11) is 0. The summed E-state index contributed by atoms with van der Waals surface area (Å²) in [5, 5.41) is 0. The standard InChI is InChI=1S/C14H15NO7S/c16-13-10-3-1-2-4-11(10)14(17)15(13)9-7-20-12(21-8-9)5-6-22-23(18)19/h1-4,9,12H,5-8H2,(H,18,19). The first-order valence-corrected chi connectivity index (χ1v) is 8.05. The van der Waals surface area contributed by atoms with Gasteiger partial charge in [-0.05, 0) is 12.1 Å². The van der Waals surface area contributed by atoms with Crippen molar-refractivity contribution in [1.29, 1.82) is 0 Å². The highest BCUT2D eigenvalue weighted by atomic mass is 32.2. The second-order valence-corrected chi connectivity index (χ2v) is 5.77. The molecule has 0 saturated carbocycles. The second kappa shape index (κ2) is 6.85. The van der Waals surface area contributed by atoms with E-state index in [2.05, 4.69) is 4.18 Å². The van der Waals surface area contributed by atoms with Crippen LogP contribution in [0, 0.1) is 0 Å². The lowest BCUT2D eigenvalue weighted by atomic mass is 10.1. The van der Waals surface area contributed by atoms with Crippen LogP contribution in [-0.4, -0.2) is 57.6 Å². The van der Waals surface area contributed by atoms with Crippen LogP contribution in [0.15, 0.2) is 24.3 Å². The van der Waals surface area contributed by atoms with E-state index in [4.69, 9.17) is 14.0 Å². The van der Waals surface area contributed by atoms with Crippen molar-refractivity contribution in [2.45, 2.75) is 18.8 Å². The van der Waals surface area contributed by atoms with Crippen molar-refractivity contribution in [3.63, 3.8) is 0 Å². The second-order valence-electron chi connectivity index (χ2n) is 5.10. The fourth-order valence-electron chi connectivity index (χ4n) is 2.60. The Labute approximate surface area is 134 Å². The van der Waals surface area contributed by atoms with Crippen molar-refractivity contribution >= 4 is 23.2 Å². The number of carbonyl (C=O) groups is 2. The van der Waals surface area contributed by atoms with Crippen LogP contribution in [0.3, 0.4) is 0 Å². The normalized spacial score (nSPS) is 25.5. The Hall–Kier alpha value is -1.65. The van der Waals surface area contributed by atoms with Gasteiger partial charge >= 0.3 is 11.4 Å². The molecule has 2 aliphatic heterocycles. The molecule has 2 heterocycles. The quantitative estimate of drug-likeness (QED) is 0.617. The molecule has 23 heavy (non-hydrogen) atoms. The summed E-state index contributed by atoms with van der Waals surface area (Å²) in [5.41, 5.74) is 0.775. The summed E-state index contributed by atoms with van der Waals surface area (Å²) in [6.45, 7) is 0.308. The molecule has 0 aliphatic carbocycles. The SMILES string of the molecule is O=C1c2ccccc2C(=O)N1C1COC(CCOS(=O)O)OC1. The molecule has 1 fully saturated rings. The van der Waals surface area contributed by atoms with Crippen molar-refractivity contribution in [2.75, 3.05) is 19.8 Å². The fourth-order valence-corrected chi connectivity index (χ4v) is 2.84. The fraction of sp³-hybridized carbons (Fsp3) is 0.429. The maximum absolute atomic E-state index is 12.3. The number of imide groups is 1. The van der Waals surface area contributed by atoms with Gasteiger partial charge in [-0.3, -0.25) is 23.2 Å². The van der Waals surface area contributed by atoms with Gasteiger partial charge in [-0.2, -0.15) is 4.21 Å². The molecule has 1 aromatic carbocycles. The molecule has 0 aromatic heterocycles. The number of benzene rings is 1. The van der Waals surface area contributed by atoms with E-state index in [0.29, 0.717) is 11.1 Å². The smallest absolute Gasteiger partial charge is 0.301 e. The summed E-state index contributed by atoms with van der Waals surface area (Å²) in [6.07, 6.45) is -0.314. The molecule has 2 amide bonds. The maximum atomic E-state index is 12.3. The van der Waals surface area contributed by atoms with Crippen molar-refractivity contribution in [3.8, 4) is 0 Å². The third kappa shape index (κ3) is 3.33. The first-order valence-electron chi connectivity index (χ1n) is 7.02. The number of amides is 2. The highest BCUT2D eigenvalue weighted by molar-refractivity contribution is 7.74. The molecule has 1 aromatic rings. The predicted molar refractivity (Wildman–Crippen MR) is 77.8 cm³/mol. The molecule has 3 rings (SSSR count). The molecule has 0 bridgehead atoms. The summed E-state index contributed by atoms with van der Waals surface area (Å²) in [6, 6.07) is 6.17. The Balaban J connectivity index is 1.58. The Morgan fingerprint density at radius 3 is 2.26 bits per heavy atom. The van der Waals surface area contributed by atoms with Gasteiger partial charge in [0.15, 0.2) is 6.29 Å². The lowest BCUT2D eigenvalue weighted by molar-refractivity contribution is -0.201. The molecule has 124 valence electrons. The van der Waals surface area contributed by atoms with Crippen LogP contribution in [-0.2, 0) is 25.0 Å². The number of nitrogens with zero attached hydrogens (tertiary/aromatic N) is 1. The van der Waals surface area contributed by atoms with Crippen LogP contribution in [0.4, 0.5) is 0 Å². The van der Waals surface area contributed by atoms with E-state index in [0.717, 1.165) is 0 Å². The molecule has 2 aliphatic rings. The number of ether oxygens (including phenoxy) is 2. The molecule has 9 heteroatoms. The van der Waals surface area contributed by atoms with Gasteiger partial charge in [0.1, 0.15) is 0 Å². The highest BCUT2D eigenvalue weighted by Gasteiger charge is 2.41. The molecule has 0 spiro atoms. The van der Waals surface area contributed by atoms with Gasteiger partial charge < -0.3 is 9.47 Å². The van der Waals surface area contributed by atoms with Crippen molar-refractivity contribution < 1.29 is 32.0 Å². The predicted octanol–water partition coefficient (Wildman–Crippen LogP) is 0.568. The van der Waals surface area contributed by atoms with Gasteiger partial charge in [0.05, 0.1) is 37.0 Å². The summed E-state index contributed by atoms with van der Waals surface area (Å²) in [4.78, 5) is 25.9. The van der Waals surface area contributed by atoms with E-state index < -0.39 is 23.7 Å². The average molecular weight is 341 g/mol. The van der Waals surface area contributed by atoms with Crippen LogP contribution in [0.1, 0.15) is 27.1 Å². The molecule has 1 unspecified atom stereocenters. The van der Waals surface area contributed by atoms with E-state index in [-0.39, 0.29) is 38.1 Å². The van der Waals surface area contributed by atoms with E-state index in [1.165, 1.54) is 4.90 Å². The summed E-state index contributed by atoms with van der Waals surface area (Å²) in [5.74, 6) is -0.694. The van der Waals surface area contributed by atoms with E-state index in [1.54, 1.807) is 24.3 Å². The van der Waals surface area contributed by atoms with Gasteiger partial charge in [-0.15, -0.1) is 0 Å². The van der Waals surface area contributed by atoms with Gasteiger partial charge in [-0.25, -0.2) is 0 Å². The minimum absolute atomic E-state index is 0.00542. The van der Waals surface area contributed by atoms with Gasteiger partial charge in [0, 0.05) is 6.42 Å². The Morgan fingerprint density at radius 1 is 1.17 bits per heavy atom. The Bertz CT molecular complexity index is 607. The van der Waals surface area contributed by atoms with Gasteiger partial charge in [-0.1, -0.05) is 12.1 Å². The summed E-state index contributed by atoms with van der Waals surface area (Å²) < 4.78 is 34.3. The van der Waals surface area contributed by atoms with Crippen LogP contribution < -0.4 is 0 Å². The molecule has 1 saturated heterocycles. The summed E-state index contributed by atoms with van der Waals surface area (Å²) >= 11 is -2.32. The zero-order valence-corrected chi connectivity index (χ0v) is 12.9. The zero-order valence-electron chi connectivity index (χ0n) is 12.0. The Kier molecular flexibility index (Phi) is 4.83. The average Bonchev–Trinajstić information content (AvgIpc) is 2.80. The van der Waals surface area contributed by atoms with Crippen LogP contribution in [0.2, 0.25) is 0 Å². The zero-order chi connectivity index (χ0) is 16.4. The Morgan fingerprint density at radius 2 is 1.74 bits per heavy atom. The van der Waals surface area contributed by atoms with Crippen molar-refractivity contribution in [1.82, 2.24) is 4.90 Å². The number of fused-ring (bicyclic) bond motifs is 1. The van der Waals surface area contributed by atoms with Gasteiger partial charge in [0.25, 0.3) is 11.8 Å². The number of hydrogen-bond acceptors (Lipinski definition) is 6. The van der Waals surface area contributed by atoms with Gasteiger partial charge in [0.2, 0.25) is 0 Å². The third-order valence-corrected chi connectivity index (χ3v) is 4.05. The molecule has 8 nitrogen and oxygen atoms in total. The van der Waals surface area contributed by atoms with E-state index in [1.807, 2.05) is 0 Å². The topological polar surface area (TPSA) is 102 Å². The number of hydrogen-bond donors (Lipinski definition) is 1. The third-order valence-electron chi connectivity index (χ3n) is 3.68. The molecule has 1 atom stereocenters.